The van der Waals surface area contributed by atoms with E-state index in [9.17, 15) is 14.4 Å². The maximum absolute atomic E-state index is 13.0. The van der Waals surface area contributed by atoms with Crippen molar-refractivity contribution >= 4 is 29.3 Å². The second kappa shape index (κ2) is 11.0. The molecule has 1 aromatic rings. The van der Waals surface area contributed by atoms with Gasteiger partial charge in [0, 0.05) is 56.6 Å². The van der Waals surface area contributed by atoms with Crippen LogP contribution in [-0.4, -0.2) is 78.8 Å². The highest BCUT2D eigenvalue weighted by atomic mass is 35.5. The smallest absolute Gasteiger partial charge is 0.257 e. The second-order valence-corrected chi connectivity index (χ2v) is 9.49. The number of methoxy groups -OCH3 is 1. The molecule has 0 N–H and O–H groups in total. The van der Waals surface area contributed by atoms with Crippen LogP contribution in [0.25, 0.3) is 0 Å². The molecular weight excluding hydrogens is 430 g/mol. The van der Waals surface area contributed by atoms with Crippen molar-refractivity contribution < 1.29 is 19.1 Å². The van der Waals surface area contributed by atoms with Crippen molar-refractivity contribution in [3.05, 3.63) is 28.8 Å². The van der Waals surface area contributed by atoms with E-state index in [4.69, 9.17) is 16.3 Å². The Labute approximate surface area is 195 Å². The van der Waals surface area contributed by atoms with Crippen LogP contribution in [0.4, 0.5) is 0 Å². The molecule has 0 saturated carbocycles. The number of piperazine rings is 1. The molecule has 2 fully saturated rings. The third kappa shape index (κ3) is 5.94. The average Bonchev–Trinajstić information content (AvgIpc) is 2.81. The summed E-state index contributed by atoms with van der Waals surface area (Å²) in [6.07, 6.45) is 2.76. The number of ether oxygens (including phenoxy) is 1. The van der Waals surface area contributed by atoms with Crippen LogP contribution in [0.5, 0.6) is 5.75 Å². The molecule has 2 heterocycles. The highest BCUT2D eigenvalue weighted by molar-refractivity contribution is 6.31. The van der Waals surface area contributed by atoms with E-state index in [1.54, 1.807) is 23.1 Å². The Hall–Kier alpha value is -2.28. The number of carbonyl (C=O) groups excluding carboxylic acids is 3. The molecule has 0 unspecified atom stereocenters. The van der Waals surface area contributed by atoms with Gasteiger partial charge in [-0.15, -0.1) is 0 Å². The monoisotopic (exact) mass is 463 g/mol. The van der Waals surface area contributed by atoms with Gasteiger partial charge in [0.1, 0.15) is 5.75 Å². The summed E-state index contributed by atoms with van der Waals surface area (Å²) in [4.78, 5) is 43.8. The number of piperidine rings is 1. The average molecular weight is 464 g/mol. The molecule has 3 amide bonds. The van der Waals surface area contributed by atoms with Gasteiger partial charge in [-0.2, -0.15) is 0 Å². The highest BCUT2D eigenvalue weighted by Gasteiger charge is 2.33. The summed E-state index contributed by atoms with van der Waals surface area (Å²) in [7, 11) is 1.53. The van der Waals surface area contributed by atoms with Gasteiger partial charge in [-0.05, 0) is 43.4 Å². The van der Waals surface area contributed by atoms with Gasteiger partial charge in [-0.3, -0.25) is 14.4 Å². The molecule has 2 aliphatic rings. The van der Waals surface area contributed by atoms with E-state index in [0.29, 0.717) is 80.8 Å². The Balaban J connectivity index is 1.48. The van der Waals surface area contributed by atoms with Crippen LogP contribution in [0, 0.1) is 11.8 Å². The van der Waals surface area contributed by atoms with Crippen LogP contribution >= 0.6 is 11.6 Å². The number of rotatable bonds is 6. The maximum atomic E-state index is 13.0. The number of benzene rings is 1. The third-order valence-electron chi connectivity index (χ3n) is 6.40. The Morgan fingerprint density at radius 2 is 1.62 bits per heavy atom. The van der Waals surface area contributed by atoms with E-state index in [2.05, 4.69) is 13.8 Å². The van der Waals surface area contributed by atoms with Crippen LogP contribution < -0.4 is 4.74 Å². The molecule has 0 spiro atoms. The van der Waals surface area contributed by atoms with Crippen LogP contribution in [0.15, 0.2) is 18.2 Å². The molecule has 2 aliphatic heterocycles. The molecule has 0 radical (unpaired) electrons. The summed E-state index contributed by atoms with van der Waals surface area (Å²) in [6, 6.07) is 5.01. The normalized spacial score (nSPS) is 17.6. The Bertz CT molecular complexity index is 829. The Kier molecular flexibility index (Phi) is 8.40. The zero-order valence-corrected chi connectivity index (χ0v) is 20.1. The summed E-state index contributed by atoms with van der Waals surface area (Å²) in [5, 5.41) is 0.487. The summed E-state index contributed by atoms with van der Waals surface area (Å²) >= 11 is 6.07. The van der Waals surface area contributed by atoms with Gasteiger partial charge in [0.2, 0.25) is 11.8 Å². The van der Waals surface area contributed by atoms with E-state index in [0.717, 1.165) is 6.42 Å². The van der Waals surface area contributed by atoms with Crippen molar-refractivity contribution in [2.24, 2.45) is 11.8 Å². The molecule has 0 atom stereocenters. The highest BCUT2D eigenvalue weighted by Crippen LogP contribution is 2.27. The fourth-order valence-electron chi connectivity index (χ4n) is 4.35. The fourth-order valence-corrected chi connectivity index (χ4v) is 4.52. The lowest BCUT2D eigenvalue weighted by atomic mass is 9.94. The van der Waals surface area contributed by atoms with E-state index in [1.165, 1.54) is 7.11 Å². The Morgan fingerprint density at radius 3 is 2.22 bits per heavy atom. The van der Waals surface area contributed by atoms with Crippen LogP contribution in [0.3, 0.4) is 0 Å². The van der Waals surface area contributed by atoms with Crippen molar-refractivity contribution in [3.63, 3.8) is 0 Å². The number of hydrogen-bond donors (Lipinski definition) is 0. The van der Waals surface area contributed by atoms with Crippen molar-refractivity contribution in [1.29, 1.82) is 0 Å². The van der Waals surface area contributed by atoms with Gasteiger partial charge in [-0.1, -0.05) is 25.4 Å². The van der Waals surface area contributed by atoms with E-state index in [-0.39, 0.29) is 23.6 Å². The van der Waals surface area contributed by atoms with Crippen LogP contribution in [-0.2, 0) is 9.59 Å². The van der Waals surface area contributed by atoms with Gasteiger partial charge < -0.3 is 19.4 Å². The van der Waals surface area contributed by atoms with Crippen molar-refractivity contribution in [3.8, 4) is 5.75 Å². The van der Waals surface area contributed by atoms with Crippen molar-refractivity contribution in [1.82, 2.24) is 14.7 Å². The molecule has 32 heavy (non-hydrogen) atoms. The minimum atomic E-state index is -0.122. The second-order valence-electron chi connectivity index (χ2n) is 9.05. The molecular formula is C24H34ClN3O4. The molecule has 8 heteroatoms. The van der Waals surface area contributed by atoms with Crippen molar-refractivity contribution in [2.75, 3.05) is 46.4 Å². The first kappa shape index (κ1) is 24.4. The van der Waals surface area contributed by atoms with Crippen LogP contribution in [0.1, 0.15) is 49.9 Å². The Morgan fingerprint density at radius 1 is 1.00 bits per heavy atom. The van der Waals surface area contributed by atoms with Gasteiger partial charge >= 0.3 is 0 Å². The molecule has 2 saturated heterocycles. The molecule has 1 aromatic carbocycles. The minimum absolute atomic E-state index is 0.0801. The molecule has 0 aromatic heterocycles. The van der Waals surface area contributed by atoms with Crippen molar-refractivity contribution in [2.45, 2.75) is 39.5 Å². The van der Waals surface area contributed by atoms with E-state index >= 15 is 0 Å². The van der Waals surface area contributed by atoms with Gasteiger partial charge in [0.15, 0.2) is 0 Å². The zero-order chi connectivity index (χ0) is 23.3. The standard InChI is InChI=1S/C24H34ClN3O4/c1-17(2)4-7-22(29)26-12-14-28(15-13-26)23(30)18-8-10-27(11-9-18)24(31)20-16-19(25)5-6-21(20)32-3/h5-6,16-18H,4,7-15H2,1-3H3. The first-order chi connectivity index (χ1) is 15.3. The fraction of sp³-hybridized carbons (Fsp3) is 0.625. The minimum Gasteiger partial charge on any atom is -0.496 e. The number of likely N-dealkylation sites (tertiary alicyclic amines) is 1. The molecule has 3 rings (SSSR count). The van der Waals surface area contributed by atoms with Gasteiger partial charge in [0.05, 0.1) is 12.7 Å². The van der Waals surface area contributed by atoms with Gasteiger partial charge in [-0.25, -0.2) is 0 Å². The number of carbonyl (C=O) groups is 3. The third-order valence-corrected chi connectivity index (χ3v) is 6.64. The summed E-state index contributed by atoms with van der Waals surface area (Å²) in [5.74, 6) is 1.14. The number of hydrogen-bond acceptors (Lipinski definition) is 4. The number of amides is 3. The maximum Gasteiger partial charge on any atom is 0.257 e. The van der Waals surface area contributed by atoms with E-state index < -0.39 is 0 Å². The summed E-state index contributed by atoms with van der Waals surface area (Å²) in [6.45, 7) is 7.68. The quantitative estimate of drug-likeness (QED) is 0.649. The largest absolute Gasteiger partial charge is 0.496 e. The lowest BCUT2D eigenvalue weighted by molar-refractivity contribution is -0.143. The summed E-state index contributed by atoms with van der Waals surface area (Å²) in [5.41, 5.74) is 0.447. The predicted molar refractivity (Wildman–Crippen MR) is 124 cm³/mol. The molecule has 7 nitrogen and oxygen atoms in total. The number of halogens is 1. The lowest BCUT2D eigenvalue weighted by Crippen LogP contribution is -2.53. The number of nitrogens with zero attached hydrogens (tertiary/aromatic N) is 3. The zero-order valence-electron chi connectivity index (χ0n) is 19.3. The topological polar surface area (TPSA) is 70.2 Å². The van der Waals surface area contributed by atoms with E-state index in [1.807, 2.05) is 9.80 Å². The summed E-state index contributed by atoms with van der Waals surface area (Å²) < 4.78 is 5.31. The van der Waals surface area contributed by atoms with Crippen LogP contribution in [0.2, 0.25) is 5.02 Å². The van der Waals surface area contributed by atoms with Gasteiger partial charge in [0.25, 0.3) is 5.91 Å². The first-order valence-electron chi connectivity index (χ1n) is 11.5. The first-order valence-corrected chi connectivity index (χ1v) is 11.9. The molecule has 176 valence electrons. The SMILES string of the molecule is COc1ccc(Cl)cc1C(=O)N1CCC(C(=O)N2CCN(C(=O)CCC(C)C)CC2)CC1. The molecule has 0 bridgehead atoms. The predicted octanol–water partition coefficient (Wildman–Crippen LogP) is 3.31. The lowest BCUT2D eigenvalue weighted by Gasteiger charge is -2.38. The molecule has 0 aliphatic carbocycles.